The van der Waals surface area contributed by atoms with Gasteiger partial charge in [-0.05, 0) is 47.1 Å². The monoisotopic (exact) mass is 375 g/mol. The first kappa shape index (κ1) is 15.8. The van der Waals surface area contributed by atoms with Gasteiger partial charge >= 0.3 is 0 Å². The van der Waals surface area contributed by atoms with Crippen LogP contribution in [0, 0.1) is 12.7 Å². The van der Waals surface area contributed by atoms with E-state index in [1.807, 2.05) is 25.1 Å². The van der Waals surface area contributed by atoms with Crippen LogP contribution in [0.3, 0.4) is 0 Å². The highest BCUT2D eigenvalue weighted by Crippen LogP contribution is 2.35. The Morgan fingerprint density at radius 2 is 1.80 bits per heavy atom. The first-order valence-electron chi connectivity index (χ1n) is 6.03. The minimum absolute atomic E-state index is 0.0755. The third kappa shape index (κ3) is 2.86. The quantitative estimate of drug-likeness (QED) is 0.696. The molecule has 5 heteroatoms. The largest absolute Gasteiger partial charge is 0.309 e. The Bertz CT molecular complexity index is 646. The van der Waals surface area contributed by atoms with Gasteiger partial charge in [0.25, 0.3) is 0 Å². The van der Waals surface area contributed by atoms with Gasteiger partial charge in [0, 0.05) is 15.1 Å². The molecule has 0 aliphatic heterocycles. The minimum atomic E-state index is -0.446. The second-order valence-electron chi connectivity index (χ2n) is 4.46. The van der Waals surface area contributed by atoms with E-state index in [4.69, 9.17) is 23.2 Å². The zero-order valence-electron chi connectivity index (χ0n) is 11.0. The SMILES string of the molecule is CNC(c1ccc(Br)c(Cl)c1F)c1cccc(C)c1Cl. The number of nitrogens with one attached hydrogen (secondary N) is 1. The molecular weight excluding hydrogens is 364 g/mol. The Hall–Kier alpha value is -0.610. The number of hydrogen-bond donors (Lipinski definition) is 1. The zero-order chi connectivity index (χ0) is 14.9. The number of benzene rings is 2. The van der Waals surface area contributed by atoms with Crippen LogP contribution in [0.25, 0.3) is 0 Å². The van der Waals surface area contributed by atoms with Crippen molar-refractivity contribution in [3.8, 4) is 0 Å². The molecule has 0 saturated heterocycles. The van der Waals surface area contributed by atoms with Gasteiger partial charge in [-0.1, -0.05) is 47.5 Å². The minimum Gasteiger partial charge on any atom is -0.309 e. The molecule has 0 saturated carbocycles. The molecule has 0 bridgehead atoms. The van der Waals surface area contributed by atoms with Crippen LogP contribution in [0.15, 0.2) is 34.8 Å². The van der Waals surface area contributed by atoms with Crippen LogP contribution in [0.1, 0.15) is 22.7 Å². The fraction of sp³-hybridized carbons (Fsp3) is 0.200. The van der Waals surface area contributed by atoms with Crippen molar-refractivity contribution in [3.63, 3.8) is 0 Å². The molecular formula is C15H13BrCl2FN. The summed E-state index contributed by atoms with van der Waals surface area (Å²) in [6.07, 6.45) is 0. The van der Waals surface area contributed by atoms with Crippen LogP contribution in [-0.2, 0) is 0 Å². The molecule has 1 N–H and O–H groups in total. The number of halogens is 4. The Balaban J connectivity index is 2.59. The summed E-state index contributed by atoms with van der Waals surface area (Å²) in [7, 11) is 1.76. The molecule has 1 atom stereocenters. The van der Waals surface area contributed by atoms with E-state index in [1.165, 1.54) is 0 Å². The molecule has 2 aromatic carbocycles. The maximum atomic E-state index is 14.4. The molecule has 2 rings (SSSR count). The molecule has 0 radical (unpaired) electrons. The molecule has 1 unspecified atom stereocenters. The van der Waals surface area contributed by atoms with Gasteiger partial charge in [-0.25, -0.2) is 4.39 Å². The van der Waals surface area contributed by atoms with Crippen molar-refractivity contribution in [1.29, 1.82) is 0 Å². The van der Waals surface area contributed by atoms with E-state index in [0.29, 0.717) is 15.1 Å². The van der Waals surface area contributed by atoms with E-state index in [0.717, 1.165) is 11.1 Å². The third-order valence-electron chi connectivity index (χ3n) is 3.20. The first-order valence-corrected chi connectivity index (χ1v) is 7.58. The van der Waals surface area contributed by atoms with Crippen molar-refractivity contribution >= 4 is 39.1 Å². The second-order valence-corrected chi connectivity index (χ2v) is 6.07. The van der Waals surface area contributed by atoms with Gasteiger partial charge in [0.2, 0.25) is 0 Å². The van der Waals surface area contributed by atoms with Crippen molar-refractivity contribution < 1.29 is 4.39 Å². The predicted octanol–water partition coefficient (Wildman–Crippen LogP) is 5.51. The van der Waals surface area contributed by atoms with Gasteiger partial charge in [0.1, 0.15) is 5.82 Å². The summed E-state index contributed by atoms with van der Waals surface area (Å²) in [5.74, 6) is -0.446. The zero-order valence-corrected chi connectivity index (χ0v) is 14.1. The van der Waals surface area contributed by atoms with E-state index >= 15 is 0 Å². The molecule has 0 spiro atoms. The van der Waals surface area contributed by atoms with E-state index in [-0.39, 0.29) is 11.1 Å². The number of hydrogen-bond acceptors (Lipinski definition) is 1. The lowest BCUT2D eigenvalue weighted by molar-refractivity contribution is 0.576. The summed E-state index contributed by atoms with van der Waals surface area (Å²) in [5, 5.41) is 3.80. The Morgan fingerprint density at radius 3 is 2.45 bits per heavy atom. The first-order chi connectivity index (χ1) is 9.47. The average Bonchev–Trinajstić information content (AvgIpc) is 2.44. The highest BCUT2D eigenvalue weighted by atomic mass is 79.9. The summed E-state index contributed by atoms with van der Waals surface area (Å²) in [4.78, 5) is 0. The van der Waals surface area contributed by atoms with Crippen molar-refractivity contribution in [2.24, 2.45) is 0 Å². The van der Waals surface area contributed by atoms with Crippen LogP contribution in [-0.4, -0.2) is 7.05 Å². The van der Waals surface area contributed by atoms with Gasteiger partial charge < -0.3 is 5.32 Å². The maximum Gasteiger partial charge on any atom is 0.148 e. The third-order valence-corrected chi connectivity index (χ3v) is 4.97. The summed E-state index contributed by atoms with van der Waals surface area (Å²) < 4.78 is 14.9. The summed E-state index contributed by atoms with van der Waals surface area (Å²) in [5.41, 5.74) is 2.24. The Labute approximate surface area is 136 Å². The van der Waals surface area contributed by atoms with Crippen LogP contribution < -0.4 is 5.32 Å². The molecule has 0 fully saturated rings. The lowest BCUT2D eigenvalue weighted by Crippen LogP contribution is -2.19. The van der Waals surface area contributed by atoms with E-state index in [9.17, 15) is 4.39 Å². The van der Waals surface area contributed by atoms with E-state index < -0.39 is 5.82 Å². The smallest absolute Gasteiger partial charge is 0.148 e. The van der Waals surface area contributed by atoms with Crippen LogP contribution >= 0.6 is 39.1 Å². The Kier molecular flexibility index (Phi) is 5.08. The summed E-state index contributed by atoms with van der Waals surface area (Å²) >= 11 is 15.5. The van der Waals surface area contributed by atoms with Gasteiger partial charge in [-0.15, -0.1) is 0 Å². The highest BCUT2D eigenvalue weighted by Gasteiger charge is 2.21. The standard InChI is InChI=1S/C15H13BrCl2FN/c1-8-4-3-5-9(12(8)17)15(20-2)10-6-7-11(16)13(18)14(10)19/h3-7,15,20H,1-2H3. The molecule has 0 heterocycles. The highest BCUT2D eigenvalue weighted by molar-refractivity contribution is 9.10. The molecule has 0 aliphatic carbocycles. The van der Waals surface area contributed by atoms with E-state index in [1.54, 1.807) is 19.2 Å². The van der Waals surface area contributed by atoms with Crippen molar-refractivity contribution in [2.75, 3.05) is 7.05 Å². The van der Waals surface area contributed by atoms with E-state index in [2.05, 4.69) is 21.2 Å². The lowest BCUT2D eigenvalue weighted by Gasteiger charge is -2.20. The van der Waals surface area contributed by atoms with Crippen molar-refractivity contribution in [1.82, 2.24) is 5.32 Å². The van der Waals surface area contributed by atoms with Gasteiger partial charge in [-0.2, -0.15) is 0 Å². The molecule has 0 aliphatic rings. The normalized spacial score (nSPS) is 12.5. The Morgan fingerprint density at radius 1 is 1.10 bits per heavy atom. The summed E-state index contributed by atoms with van der Waals surface area (Å²) in [6, 6.07) is 8.78. The van der Waals surface area contributed by atoms with Crippen molar-refractivity contribution in [3.05, 3.63) is 67.4 Å². The van der Waals surface area contributed by atoms with Crippen LogP contribution in [0.4, 0.5) is 4.39 Å². The predicted molar refractivity (Wildman–Crippen MR) is 86.2 cm³/mol. The van der Waals surface area contributed by atoms with Crippen LogP contribution in [0.5, 0.6) is 0 Å². The van der Waals surface area contributed by atoms with Crippen LogP contribution in [0.2, 0.25) is 10.0 Å². The van der Waals surface area contributed by atoms with Gasteiger partial charge in [-0.3, -0.25) is 0 Å². The molecule has 0 aromatic heterocycles. The second kappa shape index (κ2) is 6.44. The fourth-order valence-electron chi connectivity index (χ4n) is 2.14. The molecule has 106 valence electrons. The maximum absolute atomic E-state index is 14.4. The van der Waals surface area contributed by atoms with Gasteiger partial charge in [0.05, 0.1) is 11.1 Å². The fourth-order valence-corrected chi connectivity index (χ4v) is 2.85. The molecule has 0 amide bonds. The van der Waals surface area contributed by atoms with Gasteiger partial charge in [0.15, 0.2) is 0 Å². The topological polar surface area (TPSA) is 12.0 Å². The molecule has 2 aromatic rings. The number of aryl methyl sites for hydroxylation is 1. The summed E-state index contributed by atoms with van der Waals surface area (Å²) in [6.45, 7) is 1.92. The van der Waals surface area contributed by atoms with Crippen molar-refractivity contribution in [2.45, 2.75) is 13.0 Å². The number of rotatable bonds is 3. The molecule has 20 heavy (non-hydrogen) atoms. The average molecular weight is 377 g/mol. The lowest BCUT2D eigenvalue weighted by atomic mass is 9.97. The molecule has 1 nitrogen and oxygen atoms in total.